The van der Waals surface area contributed by atoms with Gasteiger partial charge in [0.2, 0.25) is 5.91 Å². The van der Waals surface area contributed by atoms with Gasteiger partial charge in [-0.15, -0.1) is 10.2 Å². The van der Waals surface area contributed by atoms with Crippen molar-refractivity contribution in [1.82, 2.24) is 19.7 Å². The van der Waals surface area contributed by atoms with Gasteiger partial charge in [0.25, 0.3) is 0 Å². The van der Waals surface area contributed by atoms with Gasteiger partial charge >= 0.3 is 0 Å². The lowest BCUT2D eigenvalue weighted by atomic mass is 10.1. The molecule has 5 rings (SSSR count). The number of furan rings is 1. The van der Waals surface area contributed by atoms with Gasteiger partial charge in [0.05, 0.1) is 18.6 Å². The lowest BCUT2D eigenvalue weighted by Gasteiger charge is -2.22. The molecule has 4 aromatic rings. The molecule has 8 heteroatoms. The molecule has 0 spiro atoms. The highest BCUT2D eigenvalue weighted by Gasteiger charge is 2.30. The quantitative estimate of drug-likeness (QED) is 0.429. The number of carbonyl (C=O) groups excluding carboxylic acids is 1. The van der Waals surface area contributed by atoms with Crippen molar-refractivity contribution in [1.29, 1.82) is 0 Å². The molecule has 1 aliphatic rings. The van der Waals surface area contributed by atoms with Gasteiger partial charge in [-0.05, 0) is 49.2 Å². The Labute approximate surface area is 184 Å². The van der Waals surface area contributed by atoms with Crippen molar-refractivity contribution in [3.63, 3.8) is 0 Å². The van der Waals surface area contributed by atoms with Gasteiger partial charge in [-0.1, -0.05) is 30.0 Å². The number of hydrogen-bond acceptors (Lipinski definition) is 6. The van der Waals surface area contributed by atoms with Crippen LogP contribution in [0.5, 0.6) is 0 Å². The molecular formula is C23H21N5O2S. The molecule has 0 N–H and O–H groups in total. The number of nitrogens with zero attached hydrogens (tertiary/aromatic N) is 5. The topological polar surface area (TPSA) is 77.1 Å². The first-order chi connectivity index (χ1) is 15.2. The maximum Gasteiger partial charge on any atom is 0.237 e. The third kappa shape index (κ3) is 3.86. The maximum atomic E-state index is 13.1. The highest BCUT2D eigenvalue weighted by atomic mass is 32.2. The van der Waals surface area contributed by atoms with E-state index in [1.54, 1.807) is 18.7 Å². The molecule has 156 valence electrons. The van der Waals surface area contributed by atoms with Crippen LogP contribution in [0.25, 0.3) is 11.4 Å². The van der Waals surface area contributed by atoms with Crippen LogP contribution >= 0.6 is 11.8 Å². The summed E-state index contributed by atoms with van der Waals surface area (Å²) in [5.74, 6) is 1.83. The van der Waals surface area contributed by atoms with Gasteiger partial charge in [0, 0.05) is 29.7 Å². The number of pyridine rings is 1. The Morgan fingerprint density at radius 2 is 2.06 bits per heavy atom. The number of amides is 1. The number of para-hydroxylation sites is 1. The first-order valence-electron chi connectivity index (χ1n) is 10.1. The van der Waals surface area contributed by atoms with E-state index in [0.717, 1.165) is 23.4 Å². The monoisotopic (exact) mass is 431 g/mol. The fourth-order valence-corrected chi connectivity index (χ4v) is 4.74. The summed E-state index contributed by atoms with van der Waals surface area (Å²) in [6, 6.07) is 15.8. The Morgan fingerprint density at radius 3 is 2.87 bits per heavy atom. The Hall–Kier alpha value is -3.39. The Bertz CT molecular complexity index is 1190. The average Bonchev–Trinajstić information content (AvgIpc) is 3.51. The van der Waals surface area contributed by atoms with E-state index in [1.807, 2.05) is 51.9 Å². The summed E-state index contributed by atoms with van der Waals surface area (Å²) >= 11 is 1.39. The molecule has 3 aromatic heterocycles. The van der Waals surface area contributed by atoms with Crippen molar-refractivity contribution in [3.8, 4) is 11.4 Å². The number of thioether (sulfide) groups is 1. The van der Waals surface area contributed by atoms with Crippen molar-refractivity contribution < 1.29 is 9.21 Å². The lowest BCUT2D eigenvalue weighted by molar-refractivity contribution is -0.116. The highest BCUT2D eigenvalue weighted by Crippen LogP contribution is 2.33. The van der Waals surface area contributed by atoms with Crippen molar-refractivity contribution in [2.24, 2.45) is 0 Å². The number of carbonyl (C=O) groups is 1. The number of hydrogen-bond donors (Lipinski definition) is 0. The van der Waals surface area contributed by atoms with E-state index < -0.39 is 0 Å². The Kier molecular flexibility index (Phi) is 5.30. The molecule has 0 bridgehead atoms. The molecule has 4 heterocycles. The molecular weight excluding hydrogens is 410 g/mol. The van der Waals surface area contributed by atoms with Gasteiger partial charge in [-0.2, -0.15) is 0 Å². The minimum atomic E-state index is 0.0675. The summed E-state index contributed by atoms with van der Waals surface area (Å²) in [4.78, 5) is 19.2. The number of anilines is 1. The molecule has 7 nitrogen and oxygen atoms in total. The van der Waals surface area contributed by atoms with Gasteiger partial charge in [0.15, 0.2) is 11.0 Å². The second kappa shape index (κ2) is 8.39. The van der Waals surface area contributed by atoms with Crippen LogP contribution in [0.3, 0.4) is 0 Å². The van der Waals surface area contributed by atoms with E-state index in [4.69, 9.17) is 4.42 Å². The molecule has 1 unspecified atom stereocenters. The first-order valence-corrected chi connectivity index (χ1v) is 11.1. The minimum Gasteiger partial charge on any atom is -0.467 e. The fourth-order valence-electron chi connectivity index (χ4n) is 3.95. The molecule has 0 aliphatic carbocycles. The zero-order valence-electron chi connectivity index (χ0n) is 17.0. The van der Waals surface area contributed by atoms with Crippen LogP contribution in [-0.4, -0.2) is 37.5 Å². The second-order valence-electron chi connectivity index (χ2n) is 7.45. The van der Waals surface area contributed by atoms with E-state index in [2.05, 4.69) is 28.2 Å². The average molecular weight is 432 g/mol. The van der Waals surface area contributed by atoms with Gasteiger partial charge in [-0.25, -0.2) is 0 Å². The van der Waals surface area contributed by atoms with Crippen LogP contribution in [0.4, 0.5) is 5.69 Å². The number of aromatic nitrogens is 4. The zero-order chi connectivity index (χ0) is 21.2. The first kappa shape index (κ1) is 19.6. The summed E-state index contributed by atoms with van der Waals surface area (Å²) < 4.78 is 7.50. The van der Waals surface area contributed by atoms with Crippen molar-refractivity contribution in [3.05, 3.63) is 78.5 Å². The van der Waals surface area contributed by atoms with E-state index in [9.17, 15) is 4.79 Å². The molecule has 0 saturated heterocycles. The second-order valence-corrected chi connectivity index (χ2v) is 8.39. The standard InChI is InChI=1S/C23H21N5O2S/c1-16-12-17-6-2-3-9-20(17)28(16)21(29)15-31-23-26-25-22(18-7-4-10-24-13-18)27(23)14-19-8-5-11-30-19/h2-11,13,16H,12,14-15H2,1H3. The summed E-state index contributed by atoms with van der Waals surface area (Å²) in [5, 5.41) is 9.42. The molecule has 1 amide bonds. The molecule has 31 heavy (non-hydrogen) atoms. The molecule has 0 fully saturated rings. The summed E-state index contributed by atoms with van der Waals surface area (Å²) in [7, 11) is 0. The number of fused-ring (bicyclic) bond motifs is 1. The van der Waals surface area contributed by atoms with E-state index in [1.165, 1.54) is 17.3 Å². The maximum absolute atomic E-state index is 13.1. The van der Waals surface area contributed by atoms with Crippen molar-refractivity contribution >= 4 is 23.4 Å². The normalized spacial score (nSPS) is 15.3. The smallest absolute Gasteiger partial charge is 0.237 e. The van der Waals surface area contributed by atoms with Crippen LogP contribution in [0.15, 0.2) is 76.8 Å². The molecule has 0 saturated carbocycles. The van der Waals surface area contributed by atoms with Crippen LogP contribution in [-0.2, 0) is 17.8 Å². The van der Waals surface area contributed by atoms with Gasteiger partial charge < -0.3 is 9.32 Å². The highest BCUT2D eigenvalue weighted by molar-refractivity contribution is 7.99. The predicted molar refractivity (Wildman–Crippen MR) is 119 cm³/mol. The number of benzene rings is 1. The third-order valence-corrected chi connectivity index (χ3v) is 6.28. The summed E-state index contributed by atoms with van der Waals surface area (Å²) in [6.45, 7) is 2.56. The van der Waals surface area contributed by atoms with E-state index >= 15 is 0 Å². The summed E-state index contributed by atoms with van der Waals surface area (Å²) in [6.07, 6.45) is 6.00. The molecule has 1 aliphatic heterocycles. The third-order valence-electron chi connectivity index (χ3n) is 5.33. The van der Waals surface area contributed by atoms with Gasteiger partial charge in [-0.3, -0.25) is 14.3 Å². The van der Waals surface area contributed by atoms with Crippen molar-refractivity contribution in [2.45, 2.75) is 31.1 Å². The Morgan fingerprint density at radius 1 is 1.16 bits per heavy atom. The SMILES string of the molecule is CC1Cc2ccccc2N1C(=O)CSc1nnc(-c2cccnc2)n1Cc1ccco1. The zero-order valence-corrected chi connectivity index (χ0v) is 17.8. The summed E-state index contributed by atoms with van der Waals surface area (Å²) in [5.41, 5.74) is 3.09. The predicted octanol–water partition coefficient (Wildman–Crippen LogP) is 4.05. The fraction of sp³-hybridized carbons (Fsp3) is 0.217. The van der Waals surface area contributed by atoms with Crippen LogP contribution in [0.2, 0.25) is 0 Å². The van der Waals surface area contributed by atoms with Crippen LogP contribution < -0.4 is 4.90 Å². The van der Waals surface area contributed by atoms with E-state index in [-0.39, 0.29) is 17.7 Å². The molecule has 0 radical (unpaired) electrons. The van der Waals surface area contributed by atoms with E-state index in [0.29, 0.717) is 17.5 Å². The van der Waals surface area contributed by atoms with Crippen LogP contribution in [0, 0.1) is 0 Å². The molecule has 1 aromatic carbocycles. The van der Waals surface area contributed by atoms with Crippen molar-refractivity contribution in [2.75, 3.05) is 10.7 Å². The van der Waals surface area contributed by atoms with Crippen LogP contribution in [0.1, 0.15) is 18.2 Å². The Balaban J connectivity index is 1.39. The lowest BCUT2D eigenvalue weighted by Crippen LogP contribution is -2.37. The largest absolute Gasteiger partial charge is 0.467 e. The molecule has 1 atom stereocenters. The minimum absolute atomic E-state index is 0.0675. The number of rotatable bonds is 6. The van der Waals surface area contributed by atoms with Gasteiger partial charge in [0.1, 0.15) is 5.76 Å².